The Morgan fingerprint density at radius 1 is 1.17 bits per heavy atom. The minimum absolute atomic E-state index is 0.363. The molecule has 0 saturated carbocycles. The minimum Gasteiger partial charge on any atom is -0.379 e. The van der Waals surface area contributed by atoms with Crippen LogP contribution in [0.2, 0.25) is 0 Å². The molecule has 0 aromatic rings. The third-order valence-corrected chi connectivity index (χ3v) is 1.50. The van der Waals surface area contributed by atoms with Crippen LogP contribution in [-0.2, 0) is 4.74 Å². The smallest absolute Gasteiger partial charge is 0.0518 e. The van der Waals surface area contributed by atoms with Crippen LogP contribution < -0.4 is 10.6 Å². The van der Waals surface area contributed by atoms with E-state index >= 15 is 0 Å². The van der Waals surface area contributed by atoms with E-state index in [1.165, 1.54) is 0 Å². The van der Waals surface area contributed by atoms with Crippen LogP contribution in [-0.4, -0.2) is 39.4 Å². The van der Waals surface area contributed by atoms with Gasteiger partial charge in [0.1, 0.15) is 0 Å². The molecule has 0 heterocycles. The van der Waals surface area contributed by atoms with Crippen molar-refractivity contribution in [3.8, 4) is 0 Å². The predicted molar refractivity (Wildman–Crippen MR) is 52.5 cm³/mol. The molecule has 0 rings (SSSR count). The van der Waals surface area contributed by atoms with Gasteiger partial charge in [-0.25, -0.2) is 0 Å². The predicted octanol–water partition coefficient (Wildman–Crippen LogP) is 0.610. The molecule has 0 amide bonds. The van der Waals surface area contributed by atoms with E-state index in [0.29, 0.717) is 6.10 Å². The molecule has 0 aliphatic carbocycles. The van der Waals surface area contributed by atoms with Crippen molar-refractivity contribution >= 4 is 0 Å². The Morgan fingerprint density at radius 3 is 2.50 bits per heavy atom. The molecule has 0 bridgehead atoms. The monoisotopic (exact) mass is 174 g/mol. The molecule has 74 valence electrons. The first kappa shape index (κ1) is 11.9. The van der Waals surface area contributed by atoms with E-state index in [1.807, 2.05) is 7.05 Å². The lowest BCUT2D eigenvalue weighted by atomic mass is 10.4. The second kappa shape index (κ2) is 8.97. The van der Waals surface area contributed by atoms with Gasteiger partial charge in [0.2, 0.25) is 0 Å². The molecule has 0 spiro atoms. The maximum Gasteiger partial charge on any atom is 0.0518 e. The molecule has 3 nitrogen and oxygen atoms in total. The molecule has 3 heteroatoms. The van der Waals surface area contributed by atoms with E-state index < -0.39 is 0 Å². The highest BCUT2D eigenvalue weighted by molar-refractivity contribution is 4.49. The minimum atomic E-state index is 0.363. The summed E-state index contributed by atoms with van der Waals surface area (Å²) in [4.78, 5) is 0. The number of rotatable bonds is 8. The first-order valence-electron chi connectivity index (χ1n) is 4.74. The lowest BCUT2D eigenvalue weighted by Crippen LogP contribution is -2.26. The highest BCUT2D eigenvalue weighted by Crippen LogP contribution is 1.88. The molecule has 0 fully saturated rings. The Balaban J connectivity index is 2.82. The van der Waals surface area contributed by atoms with Gasteiger partial charge in [0.15, 0.2) is 0 Å². The lowest BCUT2D eigenvalue weighted by molar-refractivity contribution is 0.0771. The fourth-order valence-electron chi connectivity index (χ4n) is 0.855. The average Bonchev–Trinajstić information content (AvgIpc) is 2.02. The summed E-state index contributed by atoms with van der Waals surface area (Å²) < 4.78 is 5.39. The molecule has 0 atom stereocenters. The van der Waals surface area contributed by atoms with E-state index in [0.717, 1.165) is 32.7 Å². The zero-order chi connectivity index (χ0) is 9.23. The Bertz CT molecular complexity index is 86.6. The molecule has 0 aliphatic heterocycles. The molecular weight excluding hydrogens is 152 g/mol. The zero-order valence-corrected chi connectivity index (χ0v) is 8.52. The quantitative estimate of drug-likeness (QED) is 0.529. The van der Waals surface area contributed by atoms with E-state index in [1.54, 1.807) is 0 Å². The van der Waals surface area contributed by atoms with Gasteiger partial charge >= 0.3 is 0 Å². The van der Waals surface area contributed by atoms with Gasteiger partial charge in [0, 0.05) is 19.7 Å². The first-order valence-corrected chi connectivity index (χ1v) is 4.74. The van der Waals surface area contributed by atoms with E-state index in [9.17, 15) is 0 Å². The topological polar surface area (TPSA) is 33.3 Å². The third kappa shape index (κ3) is 9.88. The molecule has 0 radical (unpaired) electrons. The van der Waals surface area contributed by atoms with Crippen LogP contribution in [0, 0.1) is 0 Å². The lowest BCUT2D eigenvalue weighted by Gasteiger charge is -2.07. The van der Waals surface area contributed by atoms with Crippen LogP contribution in [0.3, 0.4) is 0 Å². The molecule has 0 saturated heterocycles. The van der Waals surface area contributed by atoms with Crippen molar-refractivity contribution in [1.82, 2.24) is 10.6 Å². The number of hydrogen-bond donors (Lipinski definition) is 2. The molecular formula is C9H22N2O. The molecule has 0 aromatic heterocycles. The molecule has 0 unspecified atom stereocenters. The standard InChI is InChI=1S/C9H22N2O/c1-9(2)12-8-4-5-11-7-6-10-3/h9-11H,4-8H2,1-3H3. The summed E-state index contributed by atoms with van der Waals surface area (Å²) in [7, 11) is 1.96. The molecule has 0 aliphatic rings. The maximum atomic E-state index is 5.39. The molecule has 0 aromatic carbocycles. The summed E-state index contributed by atoms with van der Waals surface area (Å²) in [6, 6.07) is 0. The highest BCUT2D eigenvalue weighted by Gasteiger charge is 1.92. The van der Waals surface area contributed by atoms with Gasteiger partial charge in [0.25, 0.3) is 0 Å². The van der Waals surface area contributed by atoms with Gasteiger partial charge < -0.3 is 15.4 Å². The summed E-state index contributed by atoms with van der Waals surface area (Å²) in [5, 5.41) is 6.40. The molecule has 2 N–H and O–H groups in total. The van der Waals surface area contributed by atoms with Crippen molar-refractivity contribution < 1.29 is 4.74 Å². The van der Waals surface area contributed by atoms with Crippen molar-refractivity contribution in [2.24, 2.45) is 0 Å². The molecule has 12 heavy (non-hydrogen) atoms. The Labute approximate surface area is 75.9 Å². The van der Waals surface area contributed by atoms with Crippen LogP contribution in [0.5, 0.6) is 0 Å². The van der Waals surface area contributed by atoms with Crippen molar-refractivity contribution in [3.05, 3.63) is 0 Å². The van der Waals surface area contributed by atoms with Crippen LogP contribution in [0.1, 0.15) is 20.3 Å². The van der Waals surface area contributed by atoms with E-state index in [-0.39, 0.29) is 0 Å². The number of ether oxygens (including phenoxy) is 1. The summed E-state index contributed by atoms with van der Waals surface area (Å²) in [6.07, 6.45) is 1.46. The number of hydrogen-bond acceptors (Lipinski definition) is 3. The Kier molecular flexibility index (Phi) is 8.88. The normalized spacial score (nSPS) is 11.0. The van der Waals surface area contributed by atoms with Crippen molar-refractivity contribution in [3.63, 3.8) is 0 Å². The van der Waals surface area contributed by atoms with Crippen molar-refractivity contribution in [2.45, 2.75) is 26.4 Å². The number of likely N-dealkylation sites (N-methyl/N-ethyl adjacent to an activating group) is 1. The van der Waals surface area contributed by atoms with Gasteiger partial charge in [-0.3, -0.25) is 0 Å². The summed E-state index contributed by atoms with van der Waals surface area (Å²) in [6.45, 7) is 8.12. The fraction of sp³-hybridized carbons (Fsp3) is 1.00. The average molecular weight is 174 g/mol. The second-order valence-corrected chi connectivity index (χ2v) is 3.13. The van der Waals surface area contributed by atoms with Crippen molar-refractivity contribution in [2.75, 3.05) is 33.3 Å². The zero-order valence-electron chi connectivity index (χ0n) is 8.52. The maximum absolute atomic E-state index is 5.39. The van der Waals surface area contributed by atoms with Crippen LogP contribution in [0.4, 0.5) is 0 Å². The summed E-state index contributed by atoms with van der Waals surface area (Å²) >= 11 is 0. The Morgan fingerprint density at radius 2 is 1.92 bits per heavy atom. The first-order chi connectivity index (χ1) is 5.77. The summed E-state index contributed by atoms with van der Waals surface area (Å²) in [5.74, 6) is 0. The summed E-state index contributed by atoms with van der Waals surface area (Å²) in [5.41, 5.74) is 0. The Hall–Kier alpha value is -0.120. The van der Waals surface area contributed by atoms with Gasteiger partial charge in [0.05, 0.1) is 6.10 Å². The van der Waals surface area contributed by atoms with Gasteiger partial charge in [-0.05, 0) is 33.9 Å². The second-order valence-electron chi connectivity index (χ2n) is 3.13. The van der Waals surface area contributed by atoms with Gasteiger partial charge in [-0.2, -0.15) is 0 Å². The largest absolute Gasteiger partial charge is 0.379 e. The van der Waals surface area contributed by atoms with Gasteiger partial charge in [-0.15, -0.1) is 0 Å². The SMILES string of the molecule is CNCCNCCCOC(C)C. The van der Waals surface area contributed by atoms with Gasteiger partial charge in [-0.1, -0.05) is 0 Å². The van der Waals surface area contributed by atoms with Crippen LogP contribution in [0.25, 0.3) is 0 Å². The van der Waals surface area contributed by atoms with E-state index in [2.05, 4.69) is 24.5 Å². The van der Waals surface area contributed by atoms with Crippen molar-refractivity contribution in [1.29, 1.82) is 0 Å². The van der Waals surface area contributed by atoms with Crippen LogP contribution >= 0.6 is 0 Å². The van der Waals surface area contributed by atoms with Crippen LogP contribution in [0.15, 0.2) is 0 Å². The third-order valence-electron chi connectivity index (χ3n) is 1.50. The fourth-order valence-corrected chi connectivity index (χ4v) is 0.855. The number of nitrogens with one attached hydrogen (secondary N) is 2. The van der Waals surface area contributed by atoms with E-state index in [4.69, 9.17) is 4.74 Å². The highest BCUT2D eigenvalue weighted by atomic mass is 16.5.